The Balaban J connectivity index is 1.96. The van der Waals surface area contributed by atoms with Gasteiger partial charge in [-0.3, -0.25) is 4.79 Å². The van der Waals surface area contributed by atoms with E-state index in [-0.39, 0.29) is 24.3 Å². The van der Waals surface area contributed by atoms with Crippen LogP contribution in [0.2, 0.25) is 0 Å². The van der Waals surface area contributed by atoms with Gasteiger partial charge in [0, 0.05) is 19.1 Å². The zero-order valence-corrected chi connectivity index (χ0v) is 14.2. The molecule has 0 bridgehead atoms. The summed E-state index contributed by atoms with van der Waals surface area (Å²) >= 11 is 0. The van der Waals surface area contributed by atoms with Crippen molar-refractivity contribution < 1.29 is 32.5 Å². The molecule has 1 aromatic carbocycles. The number of ether oxygens (including phenoxy) is 2. The van der Waals surface area contributed by atoms with Crippen LogP contribution >= 0.6 is 0 Å². The van der Waals surface area contributed by atoms with Gasteiger partial charge in [-0.2, -0.15) is 0 Å². The van der Waals surface area contributed by atoms with Crippen LogP contribution in [0.15, 0.2) is 18.3 Å². The molecule has 0 radical (unpaired) electrons. The van der Waals surface area contributed by atoms with Crippen molar-refractivity contribution in [3.8, 4) is 11.3 Å². The average molecular weight is 386 g/mol. The highest BCUT2D eigenvalue weighted by molar-refractivity contribution is 5.79. The Morgan fingerprint density at radius 1 is 1.41 bits per heavy atom. The van der Waals surface area contributed by atoms with Crippen LogP contribution in [-0.4, -0.2) is 58.0 Å². The standard InChI is InChI=1S/C16H17F3N4O4/c1-26-14-11(4-7(6-24)27-15(14)16(20)25)23-5-10(21-22-23)8-2-3-9(17)13(19)12(8)18/h2-3,5,7,11,14-15,24H,4,6H2,1H3,(H2,20,25). The number of benzene rings is 1. The maximum atomic E-state index is 14.0. The number of methoxy groups -OCH3 is 1. The van der Waals surface area contributed by atoms with Gasteiger partial charge in [0.1, 0.15) is 11.8 Å². The summed E-state index contributed by atoms with van der Waals surface area (Å²) in [5.74, 6) is -5.10. The number of carbonyl (C=O) groups is 1. The molecule has 4 unspecified atom stereocenters. The monoisotopic (exact) mass is 386 g/mol. The maximum Gasteiger partial charge on any atom is 0.249 e. The molecule has 0 spiro atoms. The number of amides is 1. The number of nitrogens with zero attached hydrogens (tertiary/aromatic N) is 3. The number of rotatable bonds is 5. The summed E-state index contributed by atoms with van der Waals surface area (Å²) in [6, 6.07) is 1.21. The highest BCUT2D eigenvalue weighted by Gasteiger charge is 2.43. The molecule has 0 saturated carbocycles. The summed E-state index contributed by atoms with van der Waals surface area (Å²) in [5.41, 5.74) is 5.03. The van der Waals surface area contributed by atoms with Crippen molar-refractivity contribution in [1.82, 2.24) is 15.0 Å². The predicted molar refractivity (Wildman–Crippen MR) is 84.7 cm³/mol. The Morgan fingerprint density at radius 3 is 2.78 bits per heavy atom. The fourth-order valence-electron chi connectivity index (χ4n) is 3.12. The van der Waals surface area contributed by atoms with Crippen LogP contribution in [0.4, 0.5) is 13.2 Å². The van der Waals surface area contributed by atoms with Crippen LogP contribution < -0.4 is 5.73 Å². The third-order valence-corrected chi connectivity index (χ3v) is 4.44. The van der Waals surface area contributed by atoms with Crippen LogP contribution in [0.3, 0.4) is 0 Å². The lowest BCUT2D eigenvalue weighted by molar-refractivity contribution is -0.175. The first-order valence-electron chi connectivity index (χ1n) is 8.01. The minimum atomic E-state index is -1.61. The molecule has 27 heavy (non-hydrogen) atoms. The van der Waals surface area contributed by atoms with Gasteiger partial charge >= 0.3 is 0 Å². The highest BCUT2D eigenvalue weighted by atomic mass is 19.2. The minimum Gasteiger partial charge on any atom is -0.394 e. The van der Waals surface area contributed by atoms with Gasteiger partial charge in [0.05, 0.1) is 24.9 Å². The number of carbonyl (C=O) groups excluding carboxylic acids is 1. The summed E-state index contributed by atoms with van der Waals surface area (Å²) in [4.78, 5) is 11.7. The normalized spacial score (nSPS) is 25.5. The molecule has 3 rings (SSSR count). The SMILES string of the molecule is COC1C(C(N)=O)OC(CO)CC1n1cc(-c2ccc(F)c(F)c2F)nn1. The van der Waals surface area contributed by atoms with Crippen molar-refractivity contribution in [2.75, 3.05) is 13.7 Å². The first-order valence-corrected chi connectivity index (χ1v) is 8.01. The molecular weight excluding hydrogens is 369 g/mol. The Kier molecular flexibility index (Phi) is 5.44. The molecule has 4 atom stereocenters. The Bertz CT molecular complexity index is 847. The third kappa shape index (κ3) is 3.53. The van der Waals surface area contributed by atoms with E-state index in [1.807, 2.05) is 0 Å². The van der Waals surface area contributed by atoms with Crippen LogP contribution in [0.25, 0.3) is 11.3 Å². The fourth-order valence-corrected chi connectivity index (χ4v) is 3.12. The number of aliphatic hydroxyl groups excluding tert-OH is 1. The number of halogens is 3. The van der Waals surface area contributed by atoms with Gasteiger partial charge in [-0.05, 0) is 12.1 Å². The van der Waals surface area contributed by atoms with Crippen molar-refractivity contribution in [3.63, 3.8) is 0 Å². The molecule has 1 saturated heterocycles. The van der Waals surface area contributed by atoms with E-state index in [0.29, 0.717) is 0 Å². The maximum absolute atomic E-state index is 14.0. The van der Waals surface area contributed by atoms with E-state index >= 15 is 0 Å². The smallest absolute Gasteiger partial charge is 0.249 e. The number of aliphatic hydroxyl groups is 1. The topological polar surface area (TPSA) is 112 Å². The Hall–Kier alpha value is -2.50. The van der Waals surface area contributed by atoms with Gasteiger partial charge in [-0.15, -0.1) is 5.10 Å². The van der Waals surface area contributed by atoms with E-state index in [1.54, 1.807) is 0 Å². The molecule has 0 aliphatic carbocycles. The summed E-state index contributed by atoms with van der Waals surface area (Å²) < 4.78 is 52.6. The average Bonchev–Trinajstić information content (AvgIpc) is 3.14. The highest BCUT2D eigenvalue weighted by Crippen LogP contribution is 2.32. The summed E-state index contributed by atoms with van der Waals surface area (Å²) in [6.07, 6.45) is -1.16. The number of hydrogen-bond acceptors (Lipinski definition) is 6. The van der Waals surface area contributed by atoms with Crippen molar-refractivity contribution in [3.05, 3.63) is 35.8 Å². The molecule has 1 aliphatic rings. The lowest BCUT2D eigenvalue weighted by atomic mass is 9.95. The van der Waals surface area contributed by atoms with Crippen LogP contribution in [-0.2, 0) is 14.3 Å². The van der Waals surface area contributed by atoms with Gasteiger partial charge in [0.2, 0.25) is 5.91 Å². The van der Waals surface area contributed by atoms with Crippen molar-refractivity contribution in [1.29, 1.82) is 0 Å². The molecule has 146 valence electrons. The summed E-state index contributed by atoms with van der Waals surface area (Å²) in [7, 11) is 1.35. The third-order valence-electron chi connectivity index (χ3n) is 4.44. The minimum absolute atomic E-state index is 0.0380. The summed E-state index contributed by atoms with van der Waals surface area (Å²) in [6.45, 7) is -0.365. The summed E-state index contributed by atoms with van der Waals surface area (Å²) in [5, 5.41) is 17.1. The van der Waals surface area contributed by atoms with Gasteiger partial charge in [-0.25, -0.2) is 17.9 Å². The van der Waals surface area contributed by atoms with E-state index in [0.717, 1.165) is 12.1 Å². The van der Waals surface area contributed by atoms with Crippen LogP contribution in [0.5, 0.6) is 0 Å². The molecule has 3 N–H and O–H groups in total. The van der Waals surface area contributed by atoms with Crippen molar-refractivity contribution in [2.45, 2.75) is 30.8 Å². The second-order valence-electron chi connectivity index (χ2n) is 6.07. The second kappa shape index (κ2) is 7.62. The van der Waals surface area contributed by atoms with E-state index in [1.165, 1.54) is 18.0 Å². The molecule has 1 amide bonds. The lowest BCUT2D eigenvalue weighted by Crippen LogP contribution is -2.53. The lowest BCUT2D eigenvalue weighted by Gasteiger charge is -2.39. The molecule has 1 aliphatic heterocycles. The second-order valence-corrected chi connectivity index (χ2v) is 6.07. The zero-order chi connectivity index (χ0) is 19.7. The first kappa shape index (κ1) is 19.3. The number of aromatic nitrogens is 3. The molecule has 11 heteroatoms. The Morgan fingerprint density at radius 2 is 2.15 bits per heavy atom. The zero-order valence-electron chi connectivity index (χ0n) is 14.2. The van der Waals surface area contributed by atoms with Crippen LogP contribution in [0.1, 0.15) is 12.5 Å². The number of hydrogen-bond donors (Lipinski definition) is 2. The van der Waals surface area contributed by atoms with E-state index in [4.69, 9.17) is 15.2 Å². The largest absolute Gasteiger partial charge is 0.394 e. The number of nitrogens with two attached hydrogens (primary N) is 1. The van der Waals surface area contributed by atoms with Crippen molar-refractivity contribution >= 4 is 5.91 Å². The van der Waals surface area contributed by atoms with E-state index < -0.39 is 47.7 Å². The molecule has 1 aromatic heterocycles. The predicted octanol–water partition coefficient (Wildman–Crippen LogP) is 0.554. The van der Waals surface area contributed by atoms with Gasteiger partial charge in [0.25, 0.3) is 0 Å². The quantitative estimate of drug-likeness (QED) is 0.726. The molecule has 2 heterocycles. The molecule has 2 aromatic rings. The Labute approximate surface area is 151 Å². The first-order chi connectivity index (χ1) is 12.9. The fraction of sp³-hybridized carbons (Fsp3) is 0.438. The van der Waals surface area contributed by atoms with Crippen molar-refractivity contribution in [2.24, 2.45) is 5.73 Å². The van der Waals surface area contributed by atoms with Crippen LogP contribution in [0, 0.1) is 17.5 Å². The van der Waals surface area contributed by atoms with Gasteiger partial charge < -0.3 is 20.3 Å². The number of primary amides is 1. The molecule has 1 fully saturated rings. The van der Waals surface area contributed by atoms with Gasteiger partial charge in [-0.1, -0.05) is 5.21 Å². The molecule has 8 nitrogen and oxygen atoms in total. The molecular formula is C16H17F3N4O4. The van der Waals surface area contributed by atoms with E-state index in [2.05, 4.69) is 10.3 Å². The van der Waals surface area contributed by atoms with E-state index in [9.17, 15) is 23.1 Å². The van der Waals surface area contributed by atoms with Gasteiger partial charge in [0.15, 0.2) is 23.6 Å².